The van der Waals surface area contributed by atoms with E-state index in [2.05, 4.69) is 27.7 Å². The Morgan fingerprint density at radius 1 is 0.173 bits per heavy atom. The Hall–Kier alpha value is -8.64. The molecule has 10 aromatic rings. The van der Waals surface area contributed by atoms with Crippen LogP contribution in [0.2, 0.25) is 0 Å². The molecule has 4 heterocycles. The molecule has 104 heavy (non-hydrogen) atoms. The van der Waals surface area contributed by atoms with E-state index in [1.165, 1.54) is 135 Å². The SMILES string of the molecule is CCCCCCCCCCCN1C(=O)c2ccc3c4ccc5c6c(cc(-c7cc8c9c(ccc%10c%11ccc%12c%13c(ccc(c7c9%10)c%13%11)C(=O)N(CCCCCCCCCCC)C%12=O)C(=O)N(CCCCCCCCCCC)C8=O)c(c7ccc(c2c37)C1=O)c64)C(=O)N(CCCCCCCCCCC)C5=O. The molecule has 0 unspecified atom stereocenters. The van der Waals surface area contributed by atoms with Crippen LogP contribution in [0, 0.1) is 0 Å². The van der Waals surface area contributed by atoms with Crippen molar-refractivity contribution >= 4 is 133 Å². The first-order valence-electron chi connectivity index (χ1n) is 40.9. The first-order valence-corrected chi connectivity index (χ1v) is 40.9. The van der Waals surface area contributed by atoms with Crippen molar-refractivity contribution in [3.63, 3.8) is 0 Å². The third-order valence-corrected chi connectivity index (χ3v) is 24.0. The number of carbonyl (C=O) groups excluding carboxylic acids is 8. The fraction of sp³-hybridized carbons (Fsp3) is 0.478. The minimum Gasteiger partial charge on any atom is -0.274 e. The van der Waals surface area contributed by atoms with Crippen LogP contribution in [0.15, 0.2) is 84.9 Å². The molecular formula is C92H106N4O8. The van der Waals surface area contributed by atoms with E-state index >= 15 is 38.4 Å². The van der Waals surface area contributed by atoms with Crippen molar-refractivity contribution in [2.45, 2.75) is 259 Å². The summed E-state index contributed by atoms with van der Waals surface area (Å²) >= 11 is 0. The molecule has 0 saturated heterocycles. The van der Waals surface area contributed by atoms with Gasteiger partial charge in [0.1, 0.15) is 0 Å². The Morgan fingerprint density at radius 3 is 0.587 bits per heavy atom. The Bertz CT molecular complexity index is 4630. The van der Waals surface area contributed by atoms with E-state index in [1.54, 1.807) is 0 Å². The lowest BCUT2D eigenvalue weighted by molar-refractivity contribution is 0.0592. The van der Waals surface area contributed by atoms with Crippen molar-refractivity contribution in [2.24, 2.45) is 0 Å². The van der Waals surface area contributed by atoms with Crippen LogP contribution in [0.1, 0.15) is 342 Å². The lowest BCUT2D eigenvalue weighted by Crippen LogP contribution is -2.41. The zero-order valence-electron chi connectivity index (χ0n) is 62.4. The molecule has 0 N–H and O–H groups in total. The number of unbranched alkanes of at least 4 members (excludes halogenated alkanes) is 32. The minimum atomic E-state index is -0.410. The fourth-order valence-corrected chi connectivity index (χ4v) is 18.5. The quantitative estimate of drug-likeness (QED) is 0.0159. The summed E-state index contributed by atoms with van der Waals surface area (Å²) in [4.78, 5) is 129. The molecule has 0 radical (unpaired) electrons. The van der Waals surface area contributed by atoms with E-state index in [4.69, 9.17) is 0 Å². The van der Waals surface area contributed by atoms with Gasteiger partial charge in [-0.15, -0.1) is 0 Å². The molecule has 0 aromatic heterocycles. The Kier molecular flexibility index (Phi) is 22.5. The second-order valence-electron chi connectivity index (χ2n) is 31.0. The predicted octanol–water partition coefficient (Wildman–Crippen LogP) is 24.0. The number of fused-ring (bicyclic) bond motifs is 4. The van der Waals surface area contributed by atoms with Crippen molar-refractivity contribution in [2.75, 3.05) is 26.2 Å². The van der Waals surface area contributed by atoms with E-state index < -0.39 is 11.8 Å². The zero-order valence-corrected chi connectivity index (χ0v) is 62.4. The topological polar surface area (TPSA) is 150 Å². The van der Waals surface area contributed by atoms with Gasteiger partial charge in [-0.05, 0) is 150 Å². The van der Waals surface area contributed by atoms with Crippen LogP contribution < -0.4 is 0 Å². The first-order chi connectivity index (χ1) is 50.9. The predicted molar refractivity (Wildman–Crippen MR) is 425 cm³/mol. The van der Waals surface area contributed by atoms with E-state index in [0.29, 0.717) is 159 Å². The van der Waals surface area contributed by atoms with Gasteiger partial charge in [-0.25, -0.2) is 0 Å². The molecule has 12 nitrogen and oxygen atoms in total. The van der Waals surface area contributed by atoms with Crippen molar-refractivity contribution in [3.8, 4) is 11.1 Å². The van der Waals surface area contributed by atoms with Crippen molar-refractivity contribution in [1.29, 1.82) is 0 Å². The fourth-order valence-electron chi connectivity index (χ4n) is 18.5. The second-order valence-corrected chi connectivity index (χ2v) is 31.0. The molecule has 0 fully saturated rings. The average molecular weight is 1400 g/mol. The summed E-state index contributed by atoms with van der Waals surface area (Å²) in [6.07, 6.45) is 39.1. The number of hydrogen-bond acceptors (Lipinski definition) is 8. The smallest absolute Gasteiger partial charge is 0.261 e. The third-order valence-electron chi connectivity index (χ3n) is 24.0. The maximum Gasteiger partial charge on any atom is 0.261 e. The zero-order chi connectivity index (χ0) is 72.1. The largest absolute Gasteiger partial charge is 0.274 e. The van der Waals surface area contributed by atoms with Gasteiger partial charge in [-0.1, -0.05) is 270 Å². The third kappa shape index (κ3) is 13.2. The van der Waals surface area contributed by atoms with Gasteiger partial charge in [-0.2, -0.15) is 0 Å². The van der Waals surface area contributed by atoms with Crippen molar-refractivity contribution in [1.82, 2.24) is 19.6 Å². The first kappa shape index (κ1) is 72.3. The van der Waals surface area contributed by atoms with Gasteiger partial charge in [-0.3, -0.25) is 58.0 Å². The molecule has 8 amide bonds. The van der Waals surface area contributed by atoms with Crippen LogP contribution in [-0.4, -0.2) is 93.0 Å². The highest BCUT2D eigenvalue weighted by molar-refractivity contribution is 6.47. The molecule has 542 valence electrons. The lowest BCUT2D eigenvalue weighted by Gasteiger charge is -2.32. The highest BCUT2D eigenvalue weighted by atomic mass is 16.2. The number of hydrogen-bond donors (Lipinski definition) is 0. The number of amides is 8. The molecule has 0 aliphatic carbocycles. The van der Waals surface area contributed by atoms with Gasteiger partial charge in [0.25, 0.3) is 47.3 Å². The molecule has 10 aromatic carbocycles. The van der Waals surface area contributed by atoms with Gasteiger partial charge < -0.3 is 0 Å². The molecule has 12 heteroatoms. The number of carbonyl (C=O) groups is 8. The molecule has 4 aliphatic rings. The van der Waals surface area contributed by atoms with Gasteiger partial charge in [0.15, 0.2) is 0 Å². The Morgan fingerprint density at radius 2 is 0.356 bits per heavy atom. The molecule has 0 bridgehead atoms. The van der Waals surface area contributed by atoms with Gasteiger partial charge in [0.2, 0.25) is 0 Å². The van der Waals surface area contributed by atoms with E-state index in [-0.39, 0.29) is 48.5 Å². The normalized spacial score (nSPS) is 14.6. The average Bonchev–Trinajstić information content (AvgIpc) is 0.678. The highest BCUT2D eigenvalue weighted by Gasteiger charge is 2.42. The van der Waals surface area contributed by atoms with Crippen LogP contribution in [0.5, 0.6) is 0 Å². The minimum absolute atomic E-state index is 0.242. The van der Waals surface area contributed by atoms with Crippen LogP contribution in [-0.2, 0) is 0 Å². The Balaban J connectivity index is 0.952. The summed E-state index contributed by atoms with van der Waals surface area (Å²) in [6, 6.07) is 26.8. The van der Waals surface area contributed by atoms with E-state index in [0.717, 1.165) is 111 Å². The monoisotopic (exact) mass is 1390 g/mol. The summed E-state index contributed by atoms with van der Waals surface area (Å²) in [5.74, 6) is -2.89. The van der Waals surface area contributed by atoms with Crippen LogP contribution in [0.3, 0.4) is 0 Å². The highest BCUT2D eigenvalue weighted by Crippen LogP contribution is 2.55. The molecule has 0 atom stereocenters. The van der Waals surface area contributed by atoms with Crippen molar-refractivity contribution < 1.29 is 38.4 Å². The maximum atomic E-state index is 15.9. The Labute approximate surface area is 613 Å². The van der Waals surface area contributed by atoms with Gasteiger partial charge in [0, 0.05) is 92.2 Å². The standard InChI is InChI=1S/C92H106N4O8/c1-5-9-13-17-21-25-29-33-37-53-93-85(97)65-47-41-59-61-43-49-69-81-73(91(103)95(89(69)101)55-39-35-31-27-23-19-15-11-7-3)57-71(77(83(61)81)63-45-51-67(87(93)99)79(65)75(59)63)72-58-74-82-70(90(102)96(92(74)104)56-40-36-32-28-24-20-16-12-8-4)50-44-62-60-42-48-66-80-68(52-46-64(76(60)80)78(72)84(62)82)88(100)94(86(66)98)54-38-34-30-26-22-18-14-10-6-2/h41-52,57-58H,5-40,53-56H2,1-4H3. The number of imide groups is 4. The van der Waals surface area contributed by atoms with Gasteiger partial charge >= 0.3 is 0 Å². The molecule has 0 saturated carbocycles. The molecule has 0 spiro atoms. The summed E-state index contributed by atoms with van der Waals surface area (Å²) in [5.41, 5.74) is 4.41. The van der Waals surface area contributed by atoms with E-state index in [9.17, 15) is 0 Å². The molecule has 14 rings (SSSR count). The summed E-state index contributed by atoms with van der Waals surface area (Å²) in [6.45, 7) is 10.0. The van der Waals surface area contributed by atoms with Crippen molar-refractivity contribution in [3.05, 3.63) is 129 Å². The van der Waals surface area contributed by atoms with E-state index in [1.807, 2.05) is 84.9 Å². The second kappa shape index (κ2) is 32.4. The maximum absolute atomic E-state index is 15.9. The molecule has 4 aliphatic heterocycles. The number of rotatable bonds is 41. The van der Waals surface area contributed by atoms with Crippen LogP contribution in [0.25, 0.3) is 97.3 Å². The molecular weight excluding hydrogens is 1290 g/mol. The number of nitrogens with zero attached hydrogens (tertiary/aromatic N) is 4. The number of benzene rings is 10. The summed E-state index contributed by atoms with van der Waals surface area (Å²) in [7, 11) is 0. The van der Waals surface area contributed by atoms with Gasteiger partial charge in [0.05, 0.1) is 0 Å². The van der Waals surface area contributed by atoms with Crippen LogP contribution >= 0.6 is 0 Å². The van der Waals surface area contributed by atoms with Crippen LogP contribution in [0.4, 0.5) is 0 Å². The summed E-state index contributed by atoms with van der Waals surface area (Å²) in [5, 5.41) is 10.7. The summed E-state index contributed by atoms with van der Waals surface area (Å²) < 4.78 is 0. The lowest BCUT2D eigenvalue weighted by atomic mass is 9.76.